The standard InChI is InChI=1S/C11H17N3OS/c1-11(4-6-15-7-11)10-14-13-9(16-10)8-3-2-5-12-8/h8,12H,2-7H2,1H3. The van der Waals surface area contributed by atoms with E-state index in [0.717, 1.165) is 36.2 Å². The van der Waals surface area contributed by atoms with E-state index in [2.05, 4.69) is 22.4 Å². The Morgan fingerprint density at radius 3 is 3.12 bits per heavy atom. The van der Waals surface area contributed by atoms with Crippen molar-refractivity contribution in [1.29, 1.82) is 0 Å². The van der Waals surface area contributed by atoms with E-state index in [4.69, 9.17) is 4.74 Å². The first kappa shape index (κ1) is 10.6. The van der Waals surface area contributed by atoms with Crippen LogP contribution in [0.25, 0.3) is 0 Å². The third-order valence-corrected chi connectivity index (χ3v) is 4.88. The van der Waals surface area contributed by atoms with Crippen molar-refractivity contribution in [2.24, 2.45) is 0 Å². The number of ether oxygens (including phenoxy) is 1. The number of nitrogens with one attached hydrogen (secondary N) is 1. The summed E-state index contributed by atoms with van der Waals surface area (Å²) < 4.78 is 5.47. The summed E-state index contributed by atoms with van der Waals surface area (Å²) in [6, 6.07) is 0.442. The molecule has 5 heteroatoms. The molecule has 2 aliphatic heterocycles. The van der Waals surface area contributed by atoms with Crippen LogP contribution in [0.4, 0.5) is 0 Å². The first-order chi connectivity index (χ1) is 7.78. The topological polar surface area (TPSA) is 47.0 Å². The number of nitrogens with zero attached hydrogens (tertiary/aromatic N) is 2. The molecule has 3 heterocycles. The highest BCUT2D eigenvalue weighted by Crippen LogP contribution is 2.36. The van der Waals surface area contributed by atoms with Crippen LogP contribution in [-0.2, 0) is 10.2 Å². The van der Waals surface area contributed by atoms with Gasteiger partial charge < -0.3 is 10.1 Å². The van der Waals surface area contributed by atoms with Crippen molar-refractivity contribution in [2.75, 3.05) is 19.8 Å². The van der Waals surface area contributed by atoms with E-state index < -0.39 is 0 Å². The van der Waals surface area contributed by atoms with E-state index >= 15 is 0 Å². The number of hydrogen-bond donors (Lipinski definition) is 1. The summed E-state index contributed by atoms with van der Waals surface area (Å²) in [6.45, 7) is 4.99. The summed E-state index contributed by atoms with van der Waals surface area (Å²) in [5.41, 5.74) is 0.106. The zero-order valence-electron chi connectivity index (χ0n) is 9.53. The van der Waals surface area contributed by atoms with Crippen molar-refractivity contribution in [3.8, 4) is 0 Å². The number of aromatic nitrogens is 2. The Bertz CT molecular complexity index is 367. The van der Waals surface area contributed by atoms with Gasteiger partial charge >= 0.3 is 0 Å². The molecule has 3 rings (SSSR count). The monoisotopic (exact) mass is 239 g/mol. The van der Waals surface area contributed by atoms with Crippen LogP contribution in [0.15, 0.2) is 0 Å². The highest BCUT2D eigenvalue weighted by Gasteiger charge is 2.36. The highest BCUT2D eigenvalue weighted by molar-refractivity contribution is 7.11. The quantitative estimate of drug-likeness (QED) is 0.852. The fourth-order valence-corrected chi connectivity index (χ4v) is 3.46. The van der Waals surface area contributed by atoms with E-state index in [-0.39, 0.29) is 5.41 Å². The molecule has 0 radical (unpaired) electrons. The van der Waals surface area contributed by atoms with Gasteiger partial charge in [-0.2, -0.15) is 0 Å². The second-order valence-corrected chi connectivity index (χ2v) is 5.97. The maximum Gasteiger partial charge on any atom is 0.134 e. The molecule has 1 N–H and O–H groups in total. The van der Waals surface area contributed by atoms with Crippen molar-refractivity contribution < 1.29 is 4.74 Å². The minimum Gasteiger partial charge on any atom is -0.380 e. The van der Waals surface area contributed by atoms with Crippen molar-refractivity contribution in [3.63, 3.8) is 0 Å². The molecular weight excluding hydrogens is 222 g/mol. The molecule has 0 bridgehead atoms. The molecule has 88 valence electrons. The molecule has 2 saturated heterocycles. The van der Waals surface area contributed by atoms with Crippen LogP contribution in [0.3, 0.4) is 0 Å². The lowest BCUT2D eigenvalue weighted by Gasteiger charge is -2.16. The van der Waals surface area contributed by atoms with Gasteiger partial charge in [0.1, 0.15) is 10.0 Å². The molecule has 1 aromatic rings. The third kappa shape index (κ3) is 1.77. The fourth-order valence-electron chi connectivity index (χ4n) is 2.35. The van der Waals surface area contributed by atoms with Crippen LogP contribution in [-0.4, -0.2) is 30.0 Å². The first-order valence-corrected chi connectivity index (χ1v) is 6.75. The van der Waals surface area contributed by atoms with E-state index in [1.807, 2.05) is 0 Å². The molecule has 2 aliphatic rings. The van der Waals surface area contributed by atoms with Crippen LogP contribution in [0.1, 0.15) is 42.2 Å². The van der Waals surface area contributed by atoms with Gasteiger partial charge in [0.05, 0.1) is 12.6 Å². The van der Waals surface area contributed by atoms with Gasteiger partial charge in [-0.1, -0.05) is 18.3 Å². The van der Waals surface area contributed by atoms with Crippen LogP contribution >= 0.6 is 11.3 Å². The van der Waals surface area contributed by atoms with Crippen molar-refractivity contribution in [2.45, 2.75) is 37.6 Å². The van der Waals surface area contributed by atoms with E-state index in [0.29, 0.717) is 6.04 Å². The summed E-state index contributed by atoms with van der Waals surface area (Å²) in [7, 11) is 0. The molecule has 16 heavy (non-hydrogen) atoms. The fraction of sp³-hybridized carbons (Fsp3) is 0.818. The Labute approximate surface area is 99.4 Å². The second kappa shape index (κ2) is 4.05. The predicted molar refractivity (Wildman–Crippen MR) is 62.7 cm³/mol. The zero-order chi connectivity index (χ0) is 11.0. The summed E-state index contributed by atoms with van der Waals surface area (Å²) in [6.07, 6.45) is 3.52. The van der Waals surface area contributed by atoms with Crippen molar-refractivity contribution in [1.82, 2.24) is 15.5 Å². The molecule has 0 amide bonds. The minimum atomic E-state index is 0.106. The van der Waals surface area contributed by atoms with E-state index in [9.17, 15) is 0 Å². The Balaban J connectivity index is 1.81. The van der Waals surface area contributed by atoms with E-state index in [1.165, 1.54) is 12.8 Å². The molecule has 4 nitrogen and oxygen atoms in total. The molecule has 2 unspecified atom stereocenters. The summed E-state index contributed by atoms with van der Waals surface area (Å²) in [5, 5.41) is 14.5. The van der Waals surface area contributed by atoms with Crippen LogP contribution < -0.4 is 5.32 Å². The normalized spacial score (nSPS) is 34.7. The number of hydrogen-bond acceptors (Lipinski definition) is 5. The lowest BCUT2D eigenvalue weighted by Crippen LogP contribution is -2.21. The van der Waals surface area contributed by atoms with Crippen LogP contribution in [0, 0.1) is 0 Å². The average molecular weight is 239 g/mol. The molecular formula is C11H17N3OS. The molecule has 2 fully saturated rings. The second-order valence-electron chi connectivity index (χ2n) is 4.96. The zero-order valence-corrected chi connectivity index (χ0v) is 10.3. The van der Waals surface area contributed by atoms with Gasteiger partial charge in [-0.25, -0.2) is 0 Å². The van der Waals surface area contributed by atoms with Gasteiger partial charge in [-0.15, -0.1) is 10.2 Å². The highest BCUT2D eigenvalue weighted by atomic mass is 32.1. The van der Waals surface area contributed by atoms with Gasteiger partial charge in [-0.3, -0.25) is 0 Å². The molecule has 0 spiro atoms. The summed E-state index contributed by atoms with van der Waals surface area (Å²) in [5.74, 6) is 0. The maximum atomic E-state index is 5.47. The molecule has 0 aliphatic carbocycles. The average Bonchev–Trinajstić information content (AvgIpc) is 2.98. The SMILES string of the molecule is CC1(c2nnc(C3CCCN3)s2)CCOC1. The summed E-state index contributed by atoms with van der Waals surface area (Å²) >= 11 is 1.76. The lowest BCUT2D eigenvalue weighted by atomic mass is 9.91. The minimum absolute atomic E-state index is 0.106. The van der Waals surface area contributed by atoms with Gasteiger partial charge in [0.25, 0.3) is 0 Å². The number of rotatable bonds is 2. The molecule has 0 saturated carbocycles. The Morgan fingerprint density at radius 2 is 2.44 bits per heavy atom. The maximum absolute atomic E-state index is 5.47. The van der Waals surface area contributed by atoms with Gasteiger partial charge in [0.2, 0.25) is 0 Å². The Morgan fingerprint density at radius 1 is 1.50 bits per heavy atom. The lowest BCUT2D eigenvalue weighted by molar-refractivity contribution is 0.180. The van der Waals surface area contributed by atoms with Crippen molar-refractivity contribution >= 4 is 11.3 Å². The predicted octanol–water partition coefficient (Wildman–Crippen LogP) is 1.64. The Kier molecular flexibility index (Phi) is 2.69. The van der Waals surface area contributed by atoms with Crippen LogP contribution in [0.2, 0.25) is 0 Å². The smallest absolute Gasteiger partial charge is 0.134 e. The Hall–Kier alpha value is -0.520. The van der Waals surface area contributed by atoms with Crippen LogP contribution in [0.5, 0.6) is 0 Å². The van der Waals surface area contributed by atoms with E-state index in [1.54, 1.807) is 11.3 Å². The summed E-state index contributed by atoms with van der Waals surface area (Å²) in [4.78, 5) is 0. The molecule has 2 atom stereocenters. The first-order valence-electron chi connectivity index (χ1n) is 5.93. The molecule has 0 aromatic carbocycles. The van der Waals surface area contributed by atoms with Crippen molar-refractivity contribution in [3.05, 3.63) is 10.0 Å². The molecule has 1 aromatic heterocycles. The van der Waals surface area contributed by atoms with Gasteiger partial charge in [-0.05, 0) is 25.8 Å². The largest absolute Gasteiger partial charge is 0.380 e. The van der Waals surface area contributed by atoms with Gasteiger partial charge in [0.15, 0.2) is 0 Å². The van der Waals surface area contributed by atoms with Gasteiger partial charge in [0, 0.05) is 12.0 Å². The third-order valence-electron chi connectivity index (χ3n) is 3.53.